The molecule has 1 amide bonds. The first-order valence-electron chi connectivity index (χ1n) is 9.84. The van der Waals surface area contributed by atoms with E-state index in [1.165, 1.54) is 49.7 Å². The Morgan fingerprint density at radius 2 is 1.67 bits per heavy atom. The fraction of sp³-hybridized carbons (Fsp3) is 0.667. The molecule has 2 bridgehead atoms. The van der Waals surface area contributed by atoms with Gasteiger partial charge in [-0.15, -0.1) is 0 Å². The maximum atomic E-state index is 13.0. The molecule has 2 aliphatic heterocycles. The van der Waals surface area contributed by atoms with Crippen LogP contribution >= 0.6 is 0 Å². The highest BCUT2D eigenvalue weighted by atomic mass is 16.2. The van der Waals surface area contributed by atoms with Crippen LogP contribution in [0.4, 0.5) is 0 Å². The third-order valence-electron chi connectivity index (χ3n) is 6.13. The second-order valence-corrected chi connectivity index (χ2v) is 8.10. The smallest absolute Gasteiger partial charge is 0.223 e. The van der Waals surface area contributed by atoms with Crippen molar-refractivity contribution in [3.05, 3.63) is 35.4 Å². The van der Waals surface area contributed by atoms with E-state index in [0.717, 1.165) is 19.4 Å². The molecule has 4 rings (SSSR count). The zero-order chi connectivity index (χ0) is 16.5. The minimum Gasteiger partial charge on any atom is -0.335 e. The molecule has 3 nitrogen and oxygen atoms in total. The highest BCUT2D eigenvalue weighted by Crippen LogP contribution is 2.35. The summed E-state index contributed by atoms with van der Waals surface area (Å²) < 4.78 is 0. The molecule has 1 aliphatic carbocycles. The van der Waals surface area contributed by atoms with Crippen molar-refractivity contribution in [1.82, 2.24) is 10.2 Å². The maximum absolute atomic E-state index is 13.0. The van der Waals surface area contributed by atoms with Gasteiger partial charge in [-0.2, -0.15) is 0 Å². The van der Waals surface area contributed by atoms with Gasteiger partial charge in [0.05, 0.1) is 0 Å². The van der Waals surface area contributed by atoms with Crippen LogP contribution in [0.3, 0.4) is 0 Å². The molecule has 1 N–H and O–H groups in total. The number of piperidine rings is 1. The number of nitrogens with zero attached hydrogens (tertiary/aromatic N) is 1. The van der Waals surface area contributed by atoms with Gasteiger partial charge >= 0.3 is 0 Å². The maximum Gasteiger partial charge on any atom is 0.223 e. The Bertz CT molecular complexity index is 566. The van der Waals surface area contributed by atoms with Crippen molar-refractivity contribution in [3.8, 4) is 0 Å². The molecule has 0 aromatic heterocycles. The molecule has 1 saturated carbocycles. The van der Waals surface area contributed by atoms with Gasteiger partial charge in [0.25, 0.3) is 0 Å². The molecule has 2 heterocycles. The molecule has 1 aromatic carbocycles. The molecule has 3 aliphatic rings. The summed E-state index contributed by atoms with van der Waals surface area (Å²) in [6.07, 6.45) is 9.24. The second-order valence-electron chi connectivity index (χ2n) is 8.10. The Hall–Kier alpha value is -1.35. The number of benzene rings is 1. The van der Waals surface area contributed by atoms with E-state index in [0.29, 0.717) is 30.0 Å². The SMILES string of the molecule is CCc1ccc(CN(C(=O)CC2CC3CCC(C2)N3)C2CC2)cc1. The highest BCUT2D eigenvalue weighted by Gasteiger charge is 2.37. The van der Waals surface area contributed by atoms with Crippen LogP contribution in [0.1, 0.15) is 63.0 Å². The number of carbonyl (C=O) groups excluding carboxylic acids is 1. The lowest BCUT2D eigenvalue weighted by molar-refractivity contribution is -0.133. The van der Waals surface area contributed by atoms with Crippen molar-refractivity contribution in [2.24, 2.45) is 5.92 Å². The van der Waals surface area contributed by atoms with Gasteiger partial charge in [-0.3, -0.25) is 4.79 Å². The normalized spacial score (nSPS) is 28.8. The minimum absolute atomic E-state index is 0.392. The van der Waals surface area contributed by atoms with Gasteiger partial charge in [0.15, 0.2) is 0 Å². The van der Waals surface area contributed by atoms with Gasteiger partial charge in [0.1, 0.15) is 0 Å². The lowest BCUT2D eigenvalue weighted by atomic mass is 9.89. The third-order valence-corrected chi connectivity index (χ3v) is 6.13. The molecule has 0 radical (unpaired) electrons. The molecule has 0 spiro atoms. The van der Waals surface area contributed by atoms with Gasteiger partial charge < -0.3 is 10.2 Å². The van der Waals surface area contributed by atoms with E-state index < -0.39 is 0 Å². The molecule has 3 heteroatoms. The summed E-state index contributed by atoms with van der Waals surface area (Å²) in [6.45, 7) is 2.98. The first-order valence-corrected chi connectivity index (χ1v) is 9.84. The van der Waals surface area contributed by atoms with E-state index in [1.807, 2.05) is 0 Å². The predicted octanol–water partition coefficient (Wildman–Crippen LogP) is 3.66. The average Bonchev–Trinajstić information content (AvgIpc) is 3.37. The predicted molar refractivity (Wildman–Crippen MR) is 96.7 cm³/mol. The molecule has 3 fully saturated rings. The molecular formula is C21H30N2O. The number of fused-ring (bicyclic) bond motifs is 2. The van der Waals surface area contributed by atoms with Crippen LogP contribution in [0.25, 0.3) is 0 Å². The molecule has 2 unspecified atom stereocenters. The van der Waals surface area contributed by atoms with Crippen LogP contribution in [0.5, 0.6) is 0 Å². The third kappa shape index (κ3) is 3.66. The summed E-state index contributed by atoms with van der Waals surface area (Å²) in [7, 11) is 0. The van der Waals surface area contributed by atoms with E-state index in [2.05, 4.69) is 41.4 Å². The van der Waals surface area contributed by atoms with Gasteiger partial charge in [-0.1, -0.05) is 31.2 Å². The van der Waals surface area contributed by atoms with Crippen LogP contribution in [0.15, 0.2) is 24.3 Å². The van der Waals surface area contributed by atoms with Crippen molar-refractivity contribution in [2.45, 2.75) is 83.0 Å². The molecule has 130 valence electrons. The lowest BCUT2D eigenvalue weighted by Gasteiger charge is -2.31. The van der Waals surface area contributed by atoms with Crippen molar-refractivity contribution in [2.75, 3.05) is 0 Å². The Kier molecular flexibility index (Phi) is 4.62. The quantitative estimate of drug-likeness (QED) is 0.865. The number of nitrogens with one attached hydrogen (secondary N) is 1. The Balaban J connectivity index is 1.38. The van der Waals surface area contributed by atoms with Crippen LogP contribution < -0.4 is 5.32 Å². The topological polar surface area (TPSA) is 32.3 Å². The van der Waals surface area contributed by atoms with Gasteiger partial charge in [0.2, 0.25) is 5.91 Å². The summed E-state index contributed by atoms with van der Waals surface area (Å²) in [5.74, 6) is 0.989. The van der Waals surface area contributed by atoms with Crippen LogP contribution in [0.2, 0.25) is 0 Å². The minimum atomic E-state index is 0.392. The molecule has 2 atom stereocenters. The largest absolute Gasteiger partial charge is 0.335 e. The number of carbonyl (C=O) groups is 1. The van der Waals surface area contributed by atoms with Gasteiger partial charge in [-0.25, -0.2) is 0 Å². The Labute approximate surface area is 145 Å². The first-order chi connectivity index (χ1) is 11.7. The number of rotatable bonds is 6. The van der Waals surface area contributed by atoms with Crippen molar-refractivity contribution in [3.63, 3.8) is 0 Å². The van der Waals surface area contributed by atoms with Crippen molar-refractivity contribution >= 4 is 5.91 Å². The van der Waals surface area contributed by atoms with E-state index in [1.54, 1.807) is 0 Å². The molecule has 24 heavy (non-hydrogen) atoms. The number of hydrogen-bond acceptors (Lipinski definition) is 2. The summed E-state index contributed by atoms with van der Waals surface area (Å²) >= 11 is 0. The van der Waals surface area contributed by atoms with Crippen LogP contribution in [0, 0.1) is 5.92 Å². The number of amides is 1. The monoisotopic (exact) mass is 326 g/mol. The van der Waals surface area contributed by atoms with E-state index in [4.69, 9.17) is 0 Å². The summed E-state index contributed by atoms with van der Waals surface area (Å²) in [5.41, 5.74) is 2.64. The fourth-order valence-electron chi connectivity index (χ4n) is 4.59. The molecule has 1 aromatic rings. The van der Waals surface area contributed by atoms with Crippen LogP contribution in [-0.2, 0) is 17.8 Å². The van der Waals surface area contributed by atoms with Crippen LogP contribution in [-0.4, -0.2) is 28.9 Å². The summed E-state index contributed by atoms with van der Waals surface area (Å²) in [6, 6.07) is 10.7. The van der Waals surface area contributed by atoms with E-state index in [-0.39, 0.29) is 0 Å². The van der Waals surface area contributed by atoms with Gasteiger partial charge in [0, 0.05) is 31.1 Å². The van der Waals surface area contributed by atoms with Gasteiger partial charge in [-0.05, 0) is 62.0 Å². The second kappa shape index (κ2) is 6.87. The zero-order valence-electron chi connectivity index (χ0n) is 14.8. The molecule has 2 saturated heterocycles. The summed E-state index contributed by atoms with van der Waals surface area (Å²) in [5, 5.41) is 3.68. The van der Waals surface area contributed by atoms with E-state index >= 15 is 0 Å². The Morgan fingerprint density at radius 1 is 1.04 bits per heavy atom. The zero-order valence-corrected chi connectivity index (χ0v) is 14.8. The number of hydrogen-bond donors (Lipinski definition) is 1. The number of aryl methyl sites for hydroxylation is 1. The van der Waals surface area contributed by atoms with E-state index in [9.17, 15) is 4.79 Å². The van der Waals surface area contributed by atoms with Crippen molar-refractivity contribution in [1.29, 1.82) is 0 Å². The first kappa shape index (κ1) is 16.1. The lowest BCUT2D eigenvalue weighted by Crippen LogP contribution is -2.40. The fourth-order valence-corrected chi connectivity index (χ4v) is 4.59. The van der Waals surface area contributed by atoms with Crippen molar-refractivity contribution < 1.29 is 4.79 Å². The molecular weight excluding hydrogens is 296 g/mol. The summed E-state index contributed by atoms with van der Waals surface area (Å²) in [4.78, 5) is 15.1. The average molecular weight is 326 g/mol. The Morgan fingerprint density at radius 3 is 2.25 bits per heavy atom. The highest BCUT2D eigenvalue weighted by molar-refractivity contribution is 5.77. The standard InChI is InChI=1S/C21H30N2O/c1-2-15-3-5-16(6-4-15)14-23(20-9-10-20)21(24)13-17-11-18-7-8-19(12-17)22-18/h3-6,17-20,22H,2,7-14H2,1H3.